The Balaban J connectivity index is 1.90. The van der Waals surface area contributed by atoms with Crippen molar-refractivity contribution in [3.8, 4) is 0 Å². The molecule has 1 fully saturated rings. The molecule has 1 saturated carbocycles. The fourth-order valence-electron chi connectivity index (χ4n) is 2.31. The summed E-state index contributed by atoms with van der Waals surface area (Å²) in [7, 11) is 0. The van der Waals surface area contributed by atoms with Gasteiger partial charge in [0.2, 0.25) is 5.91 Å². The number of amides is 1. The highest BCUT2D eigenvalue weighted by Crippen LogP contribution is 2.40. The minimum absolute atomic E-state index is 0.0640. The normalized spacial score (nSPS) is 17.0. The van der Waals surface area contributed by atoms with Crippen LogP contribution in [0.15, 0.2) is 30.3 Å². The summed E-state index contributed by atoms with van der Waals surface area (Å²) in [5, 5.41) is 6.39. The Labute approximate surface area is 115 Å². The van der Waals surface area contributed by atoms with Crippen LogP contribution in [0.4, 0.5) is 0 Å². The molecule has 1 aromatic carbocycles. The van der Waals surface area contributed by atoms with E-state index < -0.39 is 0 Å². The Kier molecular flexibility index (Phi) is 4.25. The van der Waals surface area contributed by atoms with Gasteiger partial charge in [-0.15, -0.1) is 0 Å². The van der Waals surface area contributed by atoms with Crippen molar-refractivity contribution in [2.24, 2.45) is 5.92 Å². The van der Waals surface area contributed by atoms with Crippen molar-refractivity contribution in [2.75, 3.05) is 6.54 Å². The molecular formula is C16H24N2O. The maximum absolute atomic E-state index is 11.9. The van der Waals surface area contributed by atoms with Gasteiger partial charge >= 0.3 is 0 Å². The van der Waals surface area contributed by atoms with E-state index in [9.17, 15) is 4.79 Å². The molecule has 1 aromatic rings. The molecule has 1 unspecified atom stereocenters. The molecule has 0 radical (unpaired) electrons. The number of nitrogens with one attached hydrogen (secondary N) is 2. The smallest absolute Gasteiger partial charge is 0.234 e. The van der Waals surface area contributed by atoms with E-state index in [-0.39, 0.29) is 11.4 Å². The number of rotatable bonds is 5. The van der Waals surface area contributed by atoms with Gasteiger partial charge in [-0.1, -0.05) is 30.3 Å². The van der Waals surface area contributed by atoms with Crippen LogP contribution in [0, 0.1) is 5.92 Å². The molecule has 2 rings (SSSR count). The van der Waals surface area contributed by atoms with Crippen molar-refractivity contribution in [2.45, 2.75) is 45.2 Å². The molecule has 2 N–H and O–H groups in total. The Bertz CT molecular complexity index is 418. The lowest BCUT2D eigenvalue weighted by atomic mass is 10.0. The summed E-state index contributed by atoms with van der Waals surface area (Å²) in [4.78, 5) is 11.9. The average molecular weight is 260 g/mol. The van der Waals surface area contributed by atoms with Crippen molar-refractivity contribution in [3.05, 3.63) is 35.9 Å². The van der Waals surface area contributed by atoms with Gasteiger partial charge in [-0.05, 0) is 45.1 Å². The largest absolute Gasteiger partial charge is 0.350 e. The molecule has 3 heteroatoms. The van der Waals surface area contributed by atoms with Crippen molar-refractivity contribution in [1.29, 1.82) is 0 Å². The second kappa shape index (κ2) is 5.74. The van der Waals surface area contributed by atoms with Gasteiger partial charge in [-0.2, -0.15) is 0 Å². The second-order valence-corrected chi connectivity index (χ2v) is 6.40. The van der Waals surface area contributed by atoms with Crippen molar-refractivity contribution < 1.29 is 4.79 Å². The van der Waals surface area contributed by atoms with E-state index in [1.165, 1.54) is 18.4 Å². The predicted molar refractivity (Wildman–Crippen MR) is 77.8 cm³/mol. The third-order valence-electron chi connectivity index (χ3n) is 3.25. The number of hydrogen-bond acceptors (Lipinski definition) is 2. The molecule has 104 valence electrons. The number of benzene rings is 1. The summed E-state index contributed by atoms with van der Waals surface area (Å²) in [5.74, 6) is 0.749. The Morgan fingerprint density at radius 3 is 2.42 bits per heavy atom. The summed E-state index contributed by atoms with van der Waals surface area (Å²) in [6.45, 7) is 6.38. The summed E-state index contributed by atoms with van der Waals surface area (Å²) >= 11 is 0. The summed E-state index contributed by atoms with van der Waals surface area (Å²) in [5.41, 5.74) is 1.12. The summed E-state index contributed by atoms with van der Waals surface area (Å²) in [6, 6.07) is 10.7. The molecule has 1 aliphatic carbocycles. The zero-order valence-electron chi connectivity index (χ0n) is 12.1. The Hall–Kier alpha value is -1.35. The molecule has 1 atom stereocenters. The first kappa shape index (κ1) is 14.1. The van der Waals surface area contributed by atoms with Crippen LogP contribution in [0.5, 0.6) is 0 Å². The fraction of sp³-hybridized carbons (Fsp3) is 0.562. The quantitative estimate of drug-likeness (QED) is 0.854. The van der Waals surface area contributed by atoms with Crippen molar-refractivity contribution >= 4 is 5.91 Å². The first-order valence-corrected chi connectivity index (χ1v) is 7.05. The fourth-order valence-corrected chi connectivity index (χ4v) is 2.31. The molecule has 1 aliphatic rings. The molecule has 0 aromatic heterocycles. The molecule has 1 amide bonds. The maximum Gasteiger partial charge on any atom is 0.234 e. The predicted octanol–water partition coefficient (Wildman–Crippen LogP) is 2.64. The minimum atomic E-state index is -0.166. The third kappa shape index (κ3) is 4.67. The average Bonchev–Trinajstić information content (AvgIpc) is 3.13. The number of hydrogen-bond donors (Lipinski definition) is 2. The van der Waals surface area contributed by atoms with Crippen LogP contribution >= 0.6 is 0 Å². The zero-order valence-corrected chi connectivity index (χ0v) is 12.1. The highest BCUT2D eigenvalue weighted by atomic mass is 16.2. The van der Waals surface area contributed by atoms with Crippen LogP contribution in [0.2, 0.25) is 0 Å². The maximum atomic E-state index is 11.9. The molecule has 0 aliphatic heterocycles. The van der Waals surface area contributed by atoms with Gasteiger partial charge in [0.05, 0.1) is 6.54 Å². The SMILES string of the molecule is CC(C)(C)NC(=O)CNC(c1ccccc1)C1CC1. The van der Waals surface area contributed by atoms with E-state index >= 15 is 0 Å². The van der Waals surface area contributed by atoms with Crippen molar-refractivity contribution in [1.82, 2.24) is 10.6 Å². The molecular weight excluding hydrogens is 236 g/mol. The third-order valence-corrected chi connectivity index (χ3v) is 3.25. The lowest BCUT2D eigenvalue weighted by Gasteiger charge is -2.23. The van der Waals surface area contributed by atoms with Crippen LogP contribution in [0.25, 0.3) is 0 Å². The van der Waals surface area contributed by atoms with Crippen LogP contribution in [0.1, 0.15) is 45.2 Å². The van der Waals surface area contributed by atoms with Crippen LogP contribution in [0.3, 0.4) is 0 Å². The molecule has 0 spiro atoms. The van der Waals surface area contributed by atoms with Gasteiger partial charge in [-0.3, -0.25) is 4.79 Å². The van der Waals surface area contributed by atoms with Gasteiger partial charge in [0.1, 0.15) is 0 Å². The van der Waals surface area contributed by atoms with Gasteiger partial charge < -0.3 is 10.6 Å². The molecule has 19 heavy (non-hydrogen) atoms. The van der Waals surface area contributed by atoms with E-state index in [2.05, 4.69) is 34.9 Å². The van der Waals surface area contributed by atoms with Crippen LogP contribution in [-0.2, 0) is 4.79 Å². The van der Waals surface area contributed by atoms with E-state index in [4.69, 9.17) is 0 Å². The van der Waals surface area contributed by atoms with Gasteiger partial charge in [-0.25, -0.2) is 0 Å². The van der Waals surface area contributed by atoms with Gasteiger partial charge in [0, 0.05) is 11.6 Å². The van der Waals surface area contributed by atoms with Crippen LogP contribution < -0.4 is 10.6 Å². The highest BCUT2D eigenvalue weighted by molar-refractivity contribution is 5.78. The molecule has 0 heterocycles. The lowest BCUT2D eigenvalue weighted by Crippen LogP contribution is -2.45. The first-order valence-electron chi connectivity index (χ1n) is 7.05. The topological polar surface area (TPSA) is 41.1 Å². The Morgan fingerprint density at radius 1 is 1.26 bits per heavy atom. The van der Waals surface area contributed by atoms with Crippen molar-refractivity contribution in [3.63, 3.8) is 0 Å². The van der Waals surface area contributed by atoms with E-state index in [1.54, 1.807) is 0 Å². The van der Waals surface area contributed by atoms with Gasteiger partial charge in [0.25, 0.3) is 0 Å². The standard InChI is InChI=1S/C16H24N2O/c1-16(2,3)18-14(19)11-17-15(13-9-10-13)12-7-5-4-6-8-12/h4-8,13,15,17H,9-11H2,1-3H3,(H,18,19). The number of carbonyl (C=O) groups is 1. The summed E-state index contributed by atoms with van der Waals surface area (Å²) in [6.07, 6.45) is 2.51. The Morgan fingerprint density at radius 2 is 1.89 bits per heavy atom. The van der Waals surface area contributed by atoms with Crippen LogP contribution in [-0.4, -0.2) is 18.0 Å². The second-order valence-electron chi connectivity index (χ2n) is 6.40. The number of carbonyl (C=O) groups excluding carboxylic acids is 1. The van der Waals surface area contributed by atoms with E-state index in [0.29, 0.717) is 18.5 Å². The molecule has 0 saturated heterocycles. The first-order chi connectivity index (χ1) is 8.96. The summed E-state index contributed by atoms with van der Waals surface area (Å²) < 4.78 is 0. The lowest BCUT2D eigenvalue weighted by molar-refractivity contribution is -0.121. The molecule has 0 bridgehead atoms. The molecule has 3 nitrogen and oxygen atoms in total. The monoisotopic (exact) mass is 260 g/mol. The van der Waals surface area contributed by atoms with E-state index in [1.807, 2.05) is 26.8 Å². The van der Waals surface area contributed by atoms with Gasteiger partial charge in [0.15, 0.2) is 0 Å². The highest BCUT2D eigenvalue weighted by Gasteiger charge is 2.32. The zero-order chi connectivity index (χ0) is 13.9. The van der Waals surface area contributed by atoms with E-state index in [0.717, 1.165) is 0 Å². The minimum Gasteiger partial charge on any atom is -0.350 e.